The van der Waals surface area contributed by atoms with Gasteiger partial charge in [-0.05, 0) is 37.8 Å². The lowest BCUT2D eigenvalue weighted by molar-refractivity contribution is 0.0926. The summed E-state index contributed by atoms with van der Waals surface area (Å²) in [6.07, 6.45) is 5.13. The molecule has 1 aromatic carbocycles. The van der Waals surface area contributed by atoms with Gasteiger partial charge in [-0.2, -0.15) is 10.1 Å². The number of benzene rings is 1. The van der Waals surface area contributed by atoms with E-state index in [-0.39, 0.29) is 18.0 Å². The van der Waals surface area contributed by atoms with Gasteiger partial charge in [0.1, 0.15) is 11.0 Å². The van der Waals surface area contributed by atoms with E-state index in [0.29, 0.717) is 16.7 Å². The van der Waals surface area contributed by atoms with Crippen LogP contribution >= 0.6 is 11.6 Å². The van der Waals surface area contributed by atoms with E-state index >= 15 is 0 Å². The number of carbonyl (C=O) groups excluding carboxylic acids is 1. The number of nitrogens with one attached hydrogen (secondary N) is 2. The molecule has 0 saturated heterocycles. The highest BCUT2D eigenvalue weighted by Gasteiger charge is 2.25. The fourth-order valence-corrected chi connectivity index (χ4v) is 4.05. The second kappa shape index (κ2) is 8.47. The van der Waals surface area contributed by atoms with E-state index in [0.717, 1.165) is 42.4 Å². The van der Waals surface area contributed by atoms with Crippen LogP contribution in [0, 0.1) is 0 Å². The van der Waals surface area contributed by atoms with Gasteiger partial charge in [-0.25, -0.2) is 4.98 Å². The van der Waals surface area contributed by atoms with Crippen molar-refractivity contribution in [2.24, 2.45) is 7.05 Å². The van der Waals surface area contributed by atoms with Gasteiger partial charge in [0.05, 0.1) is 17.3 Å². The molecule has 1 aliphatic rings. The van der Waals surface area contributed by atoms with Crippen LogP contribution in [0.15, 0.2) is 30.5 Å². The van der Waals surface area contributed by atoms with Crippen LogP contribution in [0.2, 0.25) is 5.15 Å². The number of hydrogen-bond acceptors (Lipinski definition) is 6. The van der Waals surface area contributed by atoms with Crippen molar-refractivity contribution in [3.8, 4) is 0 Å². The minimum absolute atomic E-state index is 0.127. The molecule has 2 N–H and O–H groups in total. The third-order valence-electron chi connectivity index (χ3n) is 5.51. The minimum atomic E-state index is -0.169. The minimum Gasteiger partial charge on any atom is -0.362 e. The third-order valence-corrected chi connectivity index (χ3v) is 5.96. The number of para-hydroxylation sites is 1. The first-order chi connectivity index (χ1) is 14.4. The van der Waals surface area contributed by atoms with E-state index in [2.05, 4.69) is 20.7 Å². The number of aromatic nitrogens is 4. The molecule has 9 heteroatoms. The monoisotopic (exact) mass is 427 g/mol. The van der Waals surface area contributed by atoms with Gasteiger partial charge in [0.15, 0.2) is 0 Å². The molecule has 0 spiro atoms. The van der Waals surface area contributed by atoms with Crippen LogP contribution in [-0.2, 0) is 7.05 Å². The zero-order valence-corrected chi connectivity index (χ0v) is 18.1. The molecule has 30 heavy (non-hydrogen) atoms. The summed E-state index contributed by atoms with van der Waals surface area (Å²) in [6.45, 7) is 0. The Kier molecular flexibility index (Phi) is 5.76. The lowest BCUT2D eigenvalue weighted by Crippen LogP contribution is -2.40. The molecule has 4 rings (SSSR count). The summed E-state index contributed by atoms with van der Waals surface area (Å²) in [6, 6.07) is 8.43. The molecule has 0 atom stereocenters. The third kappa shape index (κ3) is 4.18. The van der Waals surface area contributed by atoms with Crippen LogP contribution in [0.25, 0.3) is 10.9 Å². The smallest absolute Gasteiger partial charge is 0.256 e. The first-order valence-electron chi connectivity index (χ1n) is 10.1. The maximum atomic E-state index is 12.5. The lowest BCUT2D eigenvalue weighted by atomic mass is 9.91. The van der Waals surface area contributed by atoms with Crippen LogP contribution in [0.4, 0.5) is 11.8 Å². The molecular weight excluding hydrogens is 402 g/mol. The van der Waals surface area contributed by atoms with E-state index in [1.165, 1.54) is 10.9 Å². The number of halogens is 1. The second-order valence-corrected chi connectivity index (χ2v) is 8.28. The number of amides is 1. The van der Waals surface area contributed by atoms with Crippen molar-refractivity contribution in [1.82, 2.24) is 25.1 Å². The normalized spacial score (nSPS) is 18.9. The zero-order valence-electron chi connectivity index (χ0n) is 17.4. The van der Waals surface area contributed by atoms with Crippen LogP contribution in [-0.4, -0.2) is 51.8 Å². The van der Waals surface area contributed by atoms with Gasteiger partial charge in [-0.1, -0.05) is 23.7 Å². The average Bonchev–Trinajstić information content (AvgIpc) is 3.07. The Bertz CT molecular complexity index is 1060. The Morgan fingerprint density at radius 3 is 2.50 bits per heavy atom. The number of carbonyl (C=O) groups is 1. The number of anilines is 2. The summed E-state index contributed by atoms with van der Waals surface area (Å²) in [4.78, 5) is 23.9. The topological polar surface area (TPSA) is 88.0 Å². The van der Waals surface area contributed by atoms with Gasteiger partial charge in [0, 0.05) is 38.6 Å². The molecule has 8 nitrogen and oxygen atoms in total. The predicted molar refractivity (Wildman–Crippen MR) is 119 cm³/mol. The van der Waals surface area contributed by atoms with Crippen molar-refractivity contribution in [3.63, 3.8) is 0 Å². The van der Waals surface area contributed by atoms with E-state index in [1.807, 2.05) is 43.3 Å². The first kappa shape index (κ1) is 20.4. The van der Waals surface area contributed by atoms with E-state index in [9.17, 15) is 4.79 Å². The molecule has 0 unspecified atom stereocenters. The Morgan fingerprint density at radius 2 is 1.83 bits per heavy atom. The summed E-state index contributed by atoms with van der Waals surface area (Å²) in [5.41, 5.74) is 1.34. The number of rotatable bonds is 5. The number of nitrogens with zero attached hydrogens (tertiary/aromatic N) is 5. The number of aryl methyl sites for hydroxylation is 1. The SMILES string of the molecule is CN(C)c1nc(N[C@H]2CC[C@@H](NC(=O)c3cnn(C)c3Cl)CC2)nc2ccccc12. The highest BCUT2D eigenvalue weighted by atomic mass is 35.5. The van der Waals surface area contributed by atoms with Crippen LogP contribution in [0.3, 0.4) is 0 Å². The highest BCUT2D eigenvalue weighted by Crippen LogP contribution is 2.26. The molecule has 3 aromatic rings. The standard InChI is InChI=1S/C21H26ClN7O/c1-28(2)19-15-6-4-5-7-17(15)26-21(27-19)25-14-10-8-13(9-11-14)24-20(30)16-12-23-29(3)18(16)22/h4-7,12-14H,8-11H2,1-3H3,(H,24,30)(H,25,26,27)/t13-,14+. The van der Waals surface area contributed by atoms with E-state index in [4.69, 9.17) is 16.6 Å². The van der Waals surface area contributed by atoms with Crippen molar-refractivity contribution < 1.29 is 4.79 Å². The van der Waals surface area contributed by atoms with Crippen molar-refractivity contribution in [2.75, 3.05) is 24.3 Å². The van der Waals surface area contributed by atoms with E-state index in [1.54, 1.807) is 7.05 Å². The second-order valence-electron chi connectivity index (χ2n) is 7.92. The molecule has 1 aliphatic carbocycles. The molecule has 1 fully saturated rings. The van der Waals surface area contributed by atoms with Gasteiger partial charge in [0.25, 0.3) is 5.91 Å². The fourth-order valence-electron chi connectivity index (χ4n) is 3.87. The maximum Gasteiger partial charge on any atom is 0.256 e. The van der Waals surface area contributed by atoms with Gasteiger partial charge in [-0.3, -0.25) is 9.48 Å². The van der Waals surface area contributed by atoms with Gasteiger partial charge < -0.3 is 15.5 Å². The largest absolute Gasteiger partial charge is 0.362 e. The highest BCUT2D eigenvalue weighted by molar-refractivity contribution is 6.32. The number of hydrogen-bond donors (Lipinski definition) is 2. The molecule has 158 valence electrons. The van der Waals surface area contributed by atoms with Crippen molar-refractivity contribution in [2.45, 2.75) is 37.8 Å². The molecule has 0 aliphatic heterocycles. The summed E-state index contributed by atoms with van der Waals surface area (Å²) in [7, 11) is 5.69. The Hall–Kier alpha value is -2.87. The number of fused-ring (bicyclic) bond motifs is 1. The summed E-state index contributed by atoms with van der Waals surface area (Å²) in [5, 5.41) is 12.0. The maximum absolute atomic E-state index is 12.5. The van der Waals surface area contributed by atoms with Gasteiger partial charge in [0.2, 0.25) is 5.95 Å². The molecule has 0 radical (unpaired) electrons. The summed E-state index contributed by atoms with van der Waals surface area (Å²) in [5.74, 6) is 1.38. The van der Waals surface area contributed by atoms with Crippen LogP contribution in [0.1, 0.15) is 36.0 Å². The molecule has 2 aromatic heterocycles. The average molecular weight is 428 g/mol. The predicted octanol–water partition coefficient (Wildman–Crippen LogP) is 3.24. The fraction of sp³-hybridized carbons (Fsp3) is 0.429. The van der Waals surface area contributed by atoms with Crippen molar-refractivity contribution in [1.29, 1.82) is 0 Å². The zero-order chi connectivity index (χ0) is 21.3. The molecule has 1 saturated carbocycles. The molecule has 2 heterocycles. The van der Waals surface area contributed by atoms with Crippen LogP contribution < -0.4 is 15.5 Å². The Balaban J connectivity index is 1.38. The van der Waals surface area contributed by atoms with Crippen molar-refractivity contribution in [3.05, 3.63) is 41.2 Å². The summed E-state index contributed by atoms with van der Waals surface area (Å²) >= 11 is 6.12. The molecular formula is C21H26ClN7O. The van der Waals surface area contributed by atoms with Crippen LogP contribution in [0.5, 0.6) is 0 Å². The van der Waals surface area contributed by atoms with Gasteiger partial charge >= 0.3 is 0 Å². The first-order valence-corrected chi connectivity index (χ1v) is 10.5. The molecule has 0 bridgehead atoms. The van der Waals surface area contributed by atoms with Crippen molar-refractivity contribution >= 4 is 40.2 Å². The summed E-state index contributed by atoms with van der Waals surface area (Å²) < 4.78 is 1.49. The Labute approximate surface area is 180 Å². The lowest BCUT2D eigenvalue weighted by Gasteiger charge is -2.30. The molecule has 1 amide bonds. The van der Waals surface area contributed by atoms with Gasteiger partial charge in [-0.15, -0.1) is 0 Å². The Morgan fingerprint density at radius 1 is 1.13 bits per heavy atom. The quantitative estimate of drug-likeness (QED) is 0.650. The van der Waals surface area contributed by atoms with E-state index < -0.39 is 0 Å².